The molecule has 0 bridgehead atoms. The van der Waals surface area contributed by atoms with Gasteiger partial charge in [-0.25, -0.2) is 0 Å². The fourth-order valence-corrected chi connectivity index (χ4v) is 3.44. The molecule has 10 heteroatoms. The van der Waals surface area contributed by atoms with Crippen LogP contribution in [0.15, 0.2) is 48.5 Å². The minimum Gasteiger partial charge on any atom is -0.497 e. The average Bonchev–Trinajstić information content (AvgIpc) is 3.06. The number of nitro groups is 1. The van der Waals surface area contributed by atoms with Gasteiger partial charge in [-0.1, -0.05) is 18.2 Å². The number of benzene rings is 2. The van der Waals surface area contributed by atoms with Crippen LogP contribution in [0.2, 0.25) is 0 Å². The summed E-state index contributed by atoms with van der Waals surface area (Å²) in [7, 11) is 3.09. The maximum atomic E-state index is 12.7. The van der Waals surface area contributed by atoms with Gasteiger partial charge >= 0.3 is 5.69 Å². The van der Waals surface area contributed by atoms with Gasteiger partial charge in [0, 0.05) is 24.4 Å². The van der Waals surface area contributed by atoms with E-state index in [2.05, 4.69) is 10.4 Å². The van der Waals surface area contributed by atoms with Crippen LogP contribution in [-0.2, 0) is 11.3 Å². The molecule has 0 radical (unpaired) electrons. The van der Waals surface area contributed by atoms with Crippen molar-refractivity contribution in [2.75, 3.05) is 26.0 Å². The molecule has 10 nitrogen and oxygen atoms in total. The van der Waals surface area contributed by atoms with E-state index in [9.17, 15) is 19.7 Å². The lowest BCUT2D eigenvalue weighted by Crippen LogP contribution is -2.34. The first-order chi connectivity index (χ1) is 15.7. The SMILES string of the molecule is COc1cccc(NC(=O)CN(C)C(=O)c2ccc(Cn3nc(C)c([N+](=O)[O-])c3C)cc2)c1. The lowest BCUT2D eigenvalue weighted by Gasteiger charge is -2.17. The van der Waals surface area contributed by atoms with Gasteiger partial charge in [0.2, 0.25) is 5.91 Å². The van der Waals surface area contributed by atoms with Crippen molar-refractivity contribution in [3.8, 4) is 5.75 Å². The van der Waals surface area contributed by atoms with Gasteiger partial charge in [-0.15, -0.1) is 0 Å². The number of methoxy groups -OCH3 is 1. The molecular weight excluding hydrogens is 426 g/mol. The largest absolute Gasteiger partial charge is 0.497 e. The highest BCUT2D eigenvalue weighted by molar-refractivity contribution is 5.99. The van der Waals surface area contributed by atoms with E-state index in [4.69, 9.17) is 4.74 Å². The van der Waals surface area contributed by atoms with E-state index in [0.717, 1.165) is 5.56 Å². The van der Waals surface area contributed by atoms with Crippen LogP contribution in [0, 0.1) is 24.0 Å². The second-order valence-electron chi connectivity index (χ2n) is 7.57. The number of likely N-dealkylation sites (N-methyl/N-ethyl adjacent to an activating group) is 1. The summed E-state index contributed by atoms with van der Waals surface area (Å²) in [5, 5.41) is 18.2. The Kier molecular flexibility index (Phi) is 7.07. The van der Waals surface area contributed by atoms with Crippen molar-refractivity contribution in [1.82, 2.24) is 14.7 Å². The van der Waals surface area contributed by atoms with E-state index < -0.39 is 4.92 Å². The van der Waals surface area contributed by atoms with E-state index in [1.165, 1.54) is 4.90 Å². The lowest BCUT2D eigenvalue weighted by atomic mass is 10.1. The van der Waals surface area contributed by atoms with Gasteiger partial charge < -0.3 is 15.0 Å². The van der Waals surface area contributed by atoms with Crippen molar-refractivity contribution >= 4 is 23.2 Å². The predicted octanol–water partition coefficient (Wildman–Crippen LogP) is 3.18. The third-order valence-corrected chi connectivity index (χ3v) is 5.14. The standard InChI is InChI=1S/C23H25N5O5/c1-15-22(28(31)32)16(2)27(25-15)13-17-8-10-18(11-9-17)23(30)26(3)14-21(29)24-19-6-5-7-20(12-19)33-4/h5-12H,13-14H2,1-4H3,(H,24,29). The molecule has 0 spiro atoms. The van der Waals surface area contributed by atoms with Crippen LogP contribution in [0.1, 0.15) is 27.3 Å². The first kappa shape index (κ1) is 23.5. The molecule has 2 aromatic carbocycles. The second-order valence-corrected chi connectivity index (χ2v) is 7.57. The summed E-state index contributed by atoms with van der Waals surface area (Å²) < 4.78 is 6.70. The third-order valence-electron chi connectivity index (χ3n) is 5.14. The number of hydrogen-bond acceptors (Lipinski definition) is 6. The predicted molar refractivity (Wildman–Crippen MR) is 122 cm³/mol. The zero-order valence-electron chi connectivity index (χ0n) is 18.9. The van der Waals surface area contributed by atoms with E-state index in [0.29, 0.717) is 34.9 Å². The highest BCUT2D eigenvalue weighted by atomic mass is 16.6. The van der Waals surface area contributed by atoms with Gasteiger partial charge in [0.05, 0.1) is 25.1 Å². The Bertz CT molecular complexity index is 1190. The topological polar surface area (TPSA) is 120 Å². The second kappa shape index (κ2) is 9.94. The van der Waals surface area contributed by atoms with Crippen molar-refractivity contribution in [3.63, 3.8) is 0 Å². The fraction of sp³-hybridized carbons (Fsp3) is 0.261. The Morgan fingerprint density at radius 3 is 2.48 bits per heavy atom. The summed E-state index contributed by atoms with van der Waals surface area (Å²) in [6, 6.07) is 13.8. The van der Waals surface area contributed by atoms with Crippen molar-refractivity contribution in [2.24, 2.45) is 0 Å². The van der Waals surface area contributed by atoms with E-state index in [-0.39, 0.29) is 24.0 Å². The minimum absolute atomic E-state index is 0.00986. The van der Waals surface area contributed by atoms with Crippen molar-refractivity contribution in [2.45, 2.75) is 20.4 Å². The number of anilines is 1. The smallest absolute Gasteiger partial charge is 0.312 e. The lowest BCUT2D eigenvalue weighted by molar-refractivity contribution is -0.386. The number of carbonyl (C=O) groups is 2. The quantitative estimate of drug-likeness (QED) is 0.415. The molecule has 0 unspecified atom stereocenters. The van der Waals surface area contributed by atoms with Gasteiger partial charge in [0.1, 0.15) is 17.1 Å². The minimum atomic E-state index is -0.434. The molecule has 0 aliphatic carbocycles. The van der Waals surface area contributed by atoms with Crippen molar-refractivity contribution in [3.05, 3.63) is 81.2 Å². The van der Waals surface area contributed by atoms with Gasteiger partial charge in [0.25, 0.3) is 5.91 Å². The molecule has 1 heterocycles. The molecule has 0 fully saturated rings. The number of amides is 2. The highest BCUT2D eigenvalue weighted by Crippen LogP contribution is 2.22. The van der Waals surface area contributed by atoms with Crippen LogP contribution < -0.4 is 10.1 Å². The number of rotatable bonds is 8. The van der Waals surface area contributed by atoms with Crippen LogP contribution in [0.25, 0.3) is 0 Å². The Balaban J connectivity index is 1.62. The average molecular weight is 451 g/mol. The van der Waals surface area contributed by atoms with Gasteiger partial charge in [-0.3, -0.25) is 24.4 Å². The Morgan fingerprint density at radius 2 is 1.88 bits per heavy atom. The van der Waals surface area contributed by atoms with E-state index >= 15 is 0 Å². The third kappa shape index (κ3) is 5.53. The summed E-state index contributed by atoms with van der Waals surface area (Å²) >= 11 is 0. The summed E-state index contributed by atoms with van der Waals surface area (Å²) in [6.45, 7) is 3.48. The molecule has 172 valence electrons. The first-order valence-electron chi connectivity index (χ1n) is 10.2. The molecule has 1 aromatic heterocycles. The van der Waals surface area contributed by atoms with Gasteiger partial charge in [-0.2, -0.15) is 5.10 Å². The number of nitrogens with zero attached hydrogens (tertiary/aromatic N) is 4. The molecule has 0 atom stereocenters. The number of ether oxygens (including phenoxy) is 1. The number of aryl methyl sites for hydroxylation is 1. The molecule has 0 aliphatic heterocycles. The summed E-state index contributed by atoms with van der Waals surface area (Å²) in [6.07, 6.45) is 0. The van der Waals surface area contributed by atoms with Gasteiger partial charge in [0.15, 0.2) is 0 Å². The molecule has 2 amide bonds. The van der Waals surface area contributed by atoms with Crippen LogP contribution >= 0.6 is 0 Å². The normalized spacial score (nSPS) is 10.5. The maximum Gasteiger partial charge on any atom is 0.312 e. The number of hydrogen-bond donors (Lipinski definition) is 1. The molecular formula is C23H25N5O5. The van der Waals surface area contributed by atoms with E-state index in [1.807, 2.05) is 0 Å². The number of nitrogens with one attached hydrogen (secondary N) is 1. The number of carbonyl (C=O) groups excluding carboxylic acids is 2. The van der Waals surface area contributed by atoms with Crippen LogP contribution in [0.4, 0.5) is 11.4 Å². The van der Waals surface area contributed by atoms with Crippen molar-refractivity contribution < 1.29 is 19.2 Å². The zero-order valence-corrected chi connectivity index (χ0v) is 18.9. The van der Waals surface area contributed by atoms with Crippen molar-refractivity contribution in [1.29, 1.82) is 0 Å². The summed E-state index contributed by atoms with van der Waals surface area (Å²) in [4.78, 5) is 37.1. The monoisotopic (exact) mass is 451 g/mol. The molecule has 1 N–H and O–H groups in total. The Labute approximate surface area is 190 Å². The highest BCUT2D eigenvalue weighted by Gasteiger charge is 2.22. The van der Waals surface area contributed by atoms with Gasteiger partial charge in [-0.05, 0) is 43.7 Å². The fourth-order valence-electron chi connectivity index (χ4n) is 3.44. The van der Waals surface area contributed by atoms with Crippen LogP contribution in [0.3, 0.4) is 0 Å². The Morgan fingerprint density at radius 1 is 1.18 bits per heavy atom. The summed E-state index contributed by atoms with van der Waals surface area (Å²) in [5.74, 6) is -0.0154. The van der Waals surface area contributed by atoms with Crippen LogP contribution in [-0.4, -0.2) is 52.1 Å². The molecule has 3 rings (SSSR count). The molecule has 3 aromatic rings. The Hall–Kier alpha value is -4.21. The maximum absolute atomic E-state index is 12.7. The molecule has 33 heavy (non-hydrogen) atoms. The first-order valence-corrected chi connectivity index (χ1v) is 10.2. The van der Waals surface area contributed by atoms with Crippen LogP contribution in [0.5, 0.6) is 5.75 Å². The number of aromatic nitrogens is 2. The summed E-state index contributed by atoms with van der Waals surface area (Å²) in [5.41, 5.74) is 2.68. The zero-order chi connectivity index (χ0) is 24.1. The molecule has 0 aliphatic rings. The van der Waals surface area contributed by atoms with E-state index in [1.54, 1.807) is 81.2 Å². The molecule has 0 saturated heterocycles. The molecule has 0 saturated carbocycles.